The second-order valence-electron chi connectivity index (χ2n) is 18.8. The van der Waals surface area contributed by atoms with Crippen molar-refractivity contribution in [2.75, 3.05) is 37.0 Å². The van der Waals surface area contributed by atoms with E-state index in [9.17, 15) is 43.8 Å². The largest absolute Gasteiger partial charge is 0.416 e. The molecule has 12 rings (SSSR count). The van der Waals surface area contributed by atoms with Gasteiger partial charge >= 0.3 is 6.18 Å². The van der Waals surface area contributed by atoms with E-state index in [1.165, 1.54) is 31.1 Å². The highest BCUT2D eigenvalue weighted by Crippen LogP contribution is 2.43. The van der Waals surface area contributed by atoms with E-state index >= 15 is 0 Å². The lowest BCUT2D eigenvalue weighted by Gasteiger charge is -2.17. The molecule has 9 aromatic rings. The van der Waals surface area contributed by atoms with E-state index in [1.54, 1.807) is 50.4 Å². The lowest BCUT2D eigenvalue weighted by Crippen LogP contribution is -2.19. The topological polar surface area (TPSA) is 319 Å². The molecule has 0 saturated carbocycles. The molecule has 3 aliphatic heterocycles. The van der Waals surface area contributed by atoms with E-state index in [1.807, 2.05) is 24.4 Å². The van der Waals surface area contributed by atoms with Gasteiger partial charge in [-0.3, -0.25) is 0 Å². The Morgan fingerprint density at radius 1 is 0.506 bits per heavy atom. The first-order chi connectivity index (χ1) is 37.9. The zero-order valence-electron chi connectivity index (χ0n) is 41.2. The molecule has 6 aromatic heterocycles. The lowest BCUT2D eigenvalue weighted by atomic mass is 10.0. The Bertz CT molecular complexity index is 3670. The fraction of sp³-hybridized carbons (Fsp3) is 0.308. The van der Waals surface area contributed by atoms with Gasteiger partial charge in [-0.1, -0.05) is 65.1 Å². The van der Waals surface area contributed by atoms with Crippen LogP contribution in [-0.4, -0.2) is 131 Å². The van der Waals surface area contributed by atoms with Crippen LogP contribution in [-0.2, 0) is 20.4 Å². The Morgan fingerprint density at radius 3 is 1.30 bits per heavy atom. The minimum atomic E-state index is -4.43. The van der Waals surface area contributed by atoms with Crippen molar-refractivity contribution in [1.82, 2.24) is 43.6 Å². The molecule has 21 nitrogen and oxygen atoms in total. The van der Waals surface area contributed by atoms with Gasteiger partial charge in [0.05, 0.1) is 59.9 Å². The Kier molecular flexibility index (Phi) is 16.0. The lowest BCUT2D eigenvalue weighted by molar-refractivity contribution is -0.137. The average Bonchev–Trinajstić information content (AvgIpc) is 4.46. The maximum atomic E-state index is 12.9. The minimum Gasteiger partial charge on any atom is -0.394 e. The molecule has 3 aliphatic rings. The fourth-order valence-corrected chi connectivity index (χ4v) is 10.7. The zero-order chi connectivity index (χ0) is 56.0. The fourth-order valence-electron chi connectivity index (χ4n) is 10.0. The van der Waals surface area contributed by atoms with Gasteiger partial charge in [0.25, 0.3) is 0 Å². The molecule has 3 aromatic carbocycles. The van der Waals surface area contributed by atoms with Gasteiger partial charge in [-0.2, -0.15) is 13.2 Å². The first-order valence-electron chi connectivity index (χ1n) is 24.4. The van der Waals surface area contributed by atoms with Crippen molar-refractivity contribution in [1.29, 1.82) is 0 Å². The summed E-state index contributed by atoms with van der Waals surface area (Å²) >= 11 is 18.5. The third-order valence-corrected chi connectivity index (χ3v) is 14.5. The Labute approximate surface area is 461 Å². The minimum absolute atomic E-state index is 0.148. The van der Waals surface area contributed by atoms with Crippen molar-refractivity contribution in [2.24, 2.45) is 0 Å². The van der Waals surface area contributed by atoms with Crippen LogP contribution in [0.15, 0.2) is 104 Å². The highest BCUT2D eigenvalue weighted by molar-refractivity contribution is 6.36. The van der Waals surface area contributed by atoms with Crippen molar-refractivity contribution >= 4 is 85.4 Å². The van der Waals surface area contributed by atoms with Gasteiger partial charge in [-0.25, -0.2) is 29.9 Å². The molecular weight excluding hydrogens is 1100 g/mol. The van der Waals surface area contributed by atoms with Crippen molar-refractivity contribution in [3.8, 4) is 33.4 Å². The van der Waals surface area contributed by atoms with Gasteiger partial charge in [0.1, 0.15) is 71.7 Å². The summed E-state index contributed by atoms with van der Waals surface area (Å²) in [6.45, 7) is -0.555. The maximum absolute atomic E-state index is 12.9. The van der Waals surface area contributed by atoms with Gasteiger partial charge in [0.15, 0.2) is 18.7 Å². The molecule has 27 heteroatoms. The van der Waals surface area contributed by atoms with Gasteiger partial charge in [-0.05, 0) is 47.5 Å². The number of fused-ring (bicyclic) bond motifs is 3. The standard InChI is InChI=1S/C18H17F3N4O3.C17H16Cl2N4O3.C17H17ClN4O3/c19-18(20,21)10-3-1-9(2-4-10)12-6-25(16-14(12)15(22)23-8-24-16)17-13(27)5-11(7-26)28-17;18-8-1-2-10(12(19)3-8)11-5-23(16-14(11)15(20)21-7-22-16)17-13(25)4-9(6-24)26-17;18-10-3-1-2-9(4-10)12-6-22(16-14(12)15(19)20-8-21-16)17-13(24)5-11(7-23)25-17/h1-4,6,8,11,13,17,26-27H,5,7H2,(H2,22,23,24);1-3,5,7,9,13,17,24-25H,4,6H2,(H2,20,21,22);1-4,6,8,11,13,17,23-24H,5,7H2,(H2,19,20,21)/t11-,13+,17+;9-,13+,17+;11-,13+,17+/m000/s1. The van der Waals surface area contributed by atoms with E-state index in [-0.39, 0.29) is 32.1 Å². The van der Waals surface area contributed by atoms with Crippen molar-refractivity contribution in [2.45, 2.75) is 80.7 Å². The number of aliphatic hydroxyl groups excluding tert-OH is 6. The molecule has 0 unspecified atom stereocenters. The number of nitrogens with two attached hydrogens (primary N) is 3. The third-order valence-electron chi connectivity index (χ3n) is 13.7. The van der Waals surface area contributed by atoms with Crippen LogP contribution in [0.5, 0.6) is 0 Å². The summed E-state index contributed by atoms with van der Waals surface area (Å²) in [5, 5.41) is 62.3. The van der Waals surface area contributed by atoms with E-state index in [2.05, 4.69) is 29.9 Å². The maximum Gasteiger partial charge on any atom is 0.416 e. The number of anilines is 3. The molecule has 414 valence electrons. The molecule has 9 atom stereocenters. The van der Waals surface area contributed by atoms with Crippen LogP contribution in [0.2, 0.25) is 15.1 Å². The molecule has 12 N–H and O–H groups in total. The number of halogens is 6. The summed E-state index contributed by atoms with van der Waals surface area (Å²) in [5.74, 6) is 0.788. The monoisotopic (exact) mass is 1150 g/mol. The van der Waals surface area contributed by atoms with Crippen LogP contribution in [0.4, 0.5) is 30.6 Å². The third kappa shape index (κ3) is 11.0. The van der Waals surface area contributed by atoms with Crippen LogP contribution < -0.4 is 17.2 Å². The van der Waals surface area contributed by atoms with E-state index in [0.717, 1.165) is 23.3 Å². The van der Waals surface area contributed by atoms with Crippen molar-refractivity contribution in [3.05, 3.63) is 125 Å². The number of alkyl halides is 3. The second-order valence-corrected chi connectivity index (χ2v) is 20.1. The SMILES string of the molecule is Nc1ncnc2c1c(-c1ccc(C(F)(F)F)cc1)cn2[C@@H]1O[C@H](CO)C[C@H]1O.Nc1ncnc2c1c(-c1ccc(Cl)cc1Cl)cn2[C@@H]1O[C@H](CO)C[C@H]1O.Nc1ncnc2c1c(-c1cccc(Cl)c1)cn2[C@@H]1O[C@H](CO)C[C@H]1O. The molecule has 3 fully saturated rings. The molecule has 0 bridgehead atoms. The second kappa shape index (κ2) is 22.8. The predicted molar refractivity (Wildman–Crippen MR) is 287 cm³/mol. The predicted octanol–water partition coefficient (Wildman–Crippen LogP) is 6.94. The van der Waals surface area contributed by atoms with Gasteiger partial charge in [-0.15, -0.1) is 0 Å². The summed E-state index contributed by atoms with van der Waals surface area (Å²) in [6.07, 6.45) is -0.233. The van der Waals surface area contributed by atoms with E-state index in [4.69, 9.17) is 66.2 Å². The molecule has 79 heavy (non-hydrogen) atoms. The smallest absolute Gasteiger partial charge is 0.394 e. The van der Waals surface area contributed by atoms with Crippen LogP contribution >= 0.6 is 34.8 Å². The number of aromatic nitrogens is 9. The molecule has 9 heterocycles. The summed E-state index contributed by atoms with van der Waals surface area (Å²) in [5.41, 5.74) is 23.0. The number of hydrogen-bond donors (Lipinski definition) is 9. The van der Waals surface area contributed by atoms with Crippen LogP contribution in [0.1, 0.15) is 43.5 Å². The van der Waals surface area contributed by atoms with Crippen molar-refractivity contribution in [3.63, 3.8) is 0 Å². The summed E-state index contributed by atoms with van der Waals surface area (Å²) in [6, 6.07) is 17.2. The average molecular weight is 1150 g/mol. The van der Waals surface area contributed by atoms with Crippen molar-refractivity contribution < 1.29 is 58.0 Å². The van der Waals surface area contributed by atoms with Gasteiger partial charge in [0.2, 0.25) is 0 Å². The molecule has 0 amide bonds. The Morgan fingerprint density at radius 2 is 0.911 bits per heavy atom. The van der Waals surface area contributed by atoms with E-state index < -0.39 is 67.0 Å². The molecular formula is C52H50Cl3F3N12O9. The summed E-state index contributed by atoms with van der Waals surface area (Å²) in [4.78, 5) is 25.0. The summed E-state index contributed by atoms with van der Waals surface area (Å²) < 4.78 is 60.8. The van der Waals surface area contributed by atoms with Crippen LogP contribution in [0.25, 0.3) is 66.5 Å². The first-order valence-corrected chi connectivity index (χ1v) is 25.6. The molecule has 0 aliphatic carbocycles. The molecule has 0 radical (unpaired) electrons. The zero-order valence-corrected chi connectivity index (χ0v) is 43.5. The molecule has 3 saturated heterocycles. The number of nitrogens with zero attached hydrogens (tertiary/aromatic N) is 9. The number of rotatable bonds is 9. The number of aliphatic hydroxyl groups is 6. The van der Waals surface area contributed by atoms with Crippen LogP contribution in [0.3, 0.4) is 0 Å². The number of nitrogen functional groups attached to an aromatic ring is 3. The quantitative estimate of drug-likeness (QED) is 0.0706. The number of benzene rings is 3. The highest BCUT2D eigenvalue weighted by atomic mass is 35.5. The number of ether oxygens (including phenoxy) is 3. The summed E-state index contributed by atoms with van der Waals surface area (Å²) in [7, 11) is 0. The highest BCUT2D eigenvalue weighted by Gasteiger charge is 2.39. The van der Waals surface area contributed by atoms with Gasteiger partial charge < -0.3 is 75.8 Å². The first kappa shape index (κ1) is 55.5. The normalized spacial score (nSPS) is 23.1. The van der Waals surface area contributed by atoms with Crippen LogP contribution in [0, 0.1) is 0 Å². The van der Waals surface area contributed by atoms with Gasteiger partial charge in [0, 0.05) is 75.2 Å². The molecule has 0 spiro atoms. The van der Waals surface area contributed by atoms with E-state index in [0.29, 0.717) is 94.9 Å². The number of hydrogen-bond acceptors (Lipinski definition) is 18. The Balaban J connectivity index is 0.000000134. The Hall–Kier alpha value is -6.78.